The van der Waals surface area contributed by atoms with E-state index in [-0.39, 0.29) is 12.1 Å². The number of aromatic nitrogens is 2. The zero-order valence-electron chi connectivity index (χ0n) is 12.1. The summed E-state index contributed by atoms with van der Waals surface area (Å²) in [5, 5.41) is 4.82. The highest BCUT2D eigenvalue weighted by Gasteiger charge is 2.28. The first kappa shape index (κ1) is 16.4. The second-order valence-corrected chi connectivity index (χ2v) is 5.19. The Morgan fingerprint density at radius 1 is 1.47 bits per heavy atom. The lowest BCUT2D eigenvalue weighted by atomic mass is 9.97. The summed E-state index contributed by atoms with van der Waals surface area (Å²) >= 11 is 6.21. The summed E-state index contributed by atoms with van der Waals surface area (Å²) < 4.78 is 12.6. The molecule has 2 unspecified atom stereocenters. The smallest absolute Gasteiger partial charge is 0.0835 e. The Bertz CT molecular complexity index is 382. The molecule has 0 saturated heterocycles. The highest BCUT2D eigenvalue weighted by Crippen LogP contribution is 2.28. The quantitative estimate of drug-likeness (QED) is 0.797. The third kappa shape index (κ3) is 4.18. The first-order chi connectivity index (χ1) is 9.02. The van der Waals surface area contributed by atoms with Crippen LogP contribution in [0.4, 0.5) is 0 Å². The fourth-order valence-corrected chi connectivity index (χ4v) is 2.39. The molecule has 5 nitrogen and oxygen atoms in total. The van der Waals surface area contributed by atoms with Gasteiger partial charge >= 0.3 is 0 Å². The Morgan fingerprint density at radius 2 is 2.16 bits per heavy atom. The molecule has 2 atom stereocenters. The first-order valence-electron chi connectivity index (χ1n) is 6.60. The number of methoxy groups -OCH3 is 1. The second-order valence-electron chi connectivity index (χ2n) is 4.78. The molecule has 0 bridgehead atoms. The Kier molecular flexibility index (Phi) is 6.79. The molecule has 0 aromatic carbocycles. The lowest BCUT2D eigenvalue weighted by Gasteiger charge is -2.28. The van der Waals surface area contributed by atoms with Crippen LogP contribution in [-0.4, -0.2) is 36.2 Å². The number of nitrogens with zero attached hydrogens (tertiary/aromatic N) is 2. The molecule has 110 valence electrons. The van der Waals surface area contributed by atoms with Gasteiger partial charge in [0.2, 0.25) is 0 Å². The van der Waals surface area contributed by atoms with Gasteiger partial charge in [0, 0.05) is 13.7 Å². The number of rotatable bonds is 8. The zero-order valence-corrected chi connectivity index (χ0v) is 12.9. The van der Waals surface area contributed by atoms with Crippen LogP contribution in [-0.2, 0) is 16.0 Å². The number of hydrogen-bond acceptors (Lipinski definition) is 4. The summed E-state index contributed by atoms with van der Waals surface area (Å²) in [6.07, 6.45) is 1.54. The molecule has 0 aliphatic heterocycles. The van der Waals surface area contributed by atoms with Gasteiger partial charge in [0.1, 0.15) is 0 Å². The van der Waals surface area contributed by atoms with Crippen molar-refractivity contribution in [3.05, 3.63) is 16.9 Å². The largest absolute Gasteiger partial charge is 0.383 e. The van der Waals surface area contributed by atoms with Crippen molar-refractivity contribution >= 4 is 11.6 Å². The maximum atomic E-state index is 6.33. The fraction of sp³-hybridized carbons (Fsp3) is 0.769. The van der Waals surface area contributed by atoms with E-state index in [0.29, 0.717) is 30.7 Å². The van der Waals surface area contributed by atoms with Gasteiger partial charge in [-0.2, -0.15) is 5.10 Å². The van der Waals surface area contributed by atoms with E-state index in [9.17, 15) is 0 Å². The van der Waals surface area contributed by atoms with E-state index in [0.717, 1.165) is 5.69 Å². The lowest BCUT2D eigenvalue weighted by molar-refractivity contribution is 0.0100. The number of ether oxygens (including phenoxy) is 2. The molecule has 0 saturated carbocycles. The van der Waals surface area contributed by atoms with Gasteiger partial charge in [-0.05, 0) is 12.8 Å². The van der Waals surface area contributed by atoms with Gasteiger partial charge in [-0.25, -0.2) is 0 Å². The van der Waals surface area contributed by atoms with Crippen molar-refractivity contribution in [1.29, 1.82) is 0 Å². The minimum absolute atomic E-state index is 0.0829. The second kappa shape index (κ2) is 7.85. The molecule has 0 aliphatic carbocycles. The Hall–Kier alpha value is -0.620. The summed E-state index contributed by atoms with van der Waals surface area (Å²) in [5.74, 6) is 0.303. The molecule has 1 aromatic rings. The van der Waals surface area contributed by atoms with Crippen LogP contribution in [0.2, 0.25) is 5.02 Å². The topological polar surface area (TPSA) is 62.3 Å². The Labute approximate surface area is 120 Å². The Morgan fingerprint density at radius 3 is 2.68 bits per heavy atom. The van der Waals surface area contributed by atoms with Crippen molar-refractivity contribution in [1.82, 2.24) is 9.78 Å². The van der Waals surface area contributed by atoms with Crippen LogP contribution >= 0.6 is 11.6 Å². The van der Waals surface area contributed by atoms with E-state index in [1.165, 1.54) is 0 Å². The number of nitrogens with two attached hydrogens (primary N) is 1. The van der Waals surface area contributed by atoms with Gasteiger partial charge in [0.25, 0.3) is 0 Å². The van der Waals surface area contributed by atoms with Gasteiger partial charge in [-0.1, -0.05) is 25.4 Å². The standard InChI is InChI=1S/C13H24ClN3O2/c1-5-19-13(9(2)3)11(15)12-10(14)8-16-17(12)6-7-18-4/h8-9,11,13H,5-7,15H2,1-4H3. The average Bonchev–Trinajstić information content (AvgIpc) is 2.73. The minimum atomic E-state index is -0.299. The normalized spacial score (nSPS) is 14.9. The summed E-state index contributed by atoms with van der Waals surface area (Å²) in [6.45, 7) is 7.96. The molecule has 0 radical (unpaired) electrons. The summed E-state index contributed by atoms with van der Waals surface area (Å²) in [7, 11) is 1.65. The third-order valence-corrected chi connectivity index (χ3v) is 3.32. The summed E-state index contributed by atoms with van der Waals surface area (Å²) in [6, 6.07) is -0.299. The van der Waals surface area contributed by atoms with Crippen molar-refractivity contribution in [2.75, 3.05) is 20.3 Å². The van der Waals surface area contributed by atoms with E-state index in [2.05, 4.69) is 18.9 Å². The molecular formula is C13H24ClN3O2. The van der Waals surface area contributed by atoms with Gasteiger partial charge in [-0.15, -0.1) is 0 Å². The maximum Gasteiger partial charge on any atom is 0.0835 e. The van der Waals surface area contributed by atoms with Crippen molar-refractivity contribution in [2.45, 2.75) is 39.5 Å². The predicted octanol–water partition coefficient (Wildman–Crippen LogP) is 2.24. The van der Waals surface area contributed by atoms with Crippen LogP contribution in [0.25, 0.3) is 0 Å². The SMILES string of the molecule is CCOC(C(C)C)C(N)c1c(Cl)cnn1CCOC. The molecule has 0 amide bonds. The van der Waals surface area contributed by atoms with Crippen LogP contribution in [0.1, 0.15) is 32.5 Å². The third-order valence-electron chi connectivity index (χ3n) is 3.03. The molecule has 1 rings (SSSR count). The van der Waals surface area contributed by atoms with Crippen LogP contribution < -0.4 is 5.73 Å². The van der Waals surface area contributed by atoms with E-state index in [4.69, 9.17) is 26.8 Å². The van der Waals surface area contributed by atoms with Crippen LogP contribution in [0.5, 0.6) is 0 Å². The number of hydrogen-bond donors (Lipinski definition) is 1. The van der Waals surface area contributed by atoms with Crippen molar-refractivity contribution in [2.24, 2.45) is 11.7 Å². The highest BCUT2D eigenvalue weighted by molar-refractivity contribution is 6.31. The van der Waals surface area contributed by atoms with E-state index < -0.39 is 0 Å². The molecule has 0 aliphatic rings. The molecule has 19 heavy (non-hydrogen) atoms. The molecule has 6 heteroatoms. The highest BCUT2D eigenvalue weighted by atomic mass is 35.5. The van der Waals surface area contributed by atoms with E-state index in [1.54, 1.807) is 18.0 Å². The monoisotopic (exact) mass is 289 g/mol. The minimum Gasteiger partial charge on any atom is -0.383 e. The zero-order chi connectivity index (χ0) is 14.4. The fourth-order valence-electron chi connectivity index (χ4n) is 2.12. The van der Waals surface area contributed by atoms with Gasteiger partial charge < -0.3 is 15.2 Å². The molecule has 0 fully saturated rings. The molecular weight excluding hydrogens is 266 g/mol. The van der Waals surface area contributed by atoms with Gasteiger partial charge in [0.05, 0.1) is 42.2 Å². The van der Waals surface area contributed by atoms with Crippen LogP contribution in [0.3, 0.4) is 0 Å². The maximum absolute atomic E-state index is 6.33. The van der Waals surface area contributed by atoms with Crippen LogP contribution in [0.15, 0.2) is 6.20 Å². The molecule has 1 aromatic heterocycles. The molecule has 0 spiro atoms. The van der Waals surface area contributed by atoms with Crippen LogP contribution in [0, 0.1) is 5.92 Å². The Balaban J connectivity index is 2.95. The van der Waals surface area contributed by atoms with Gasteiger partial charge in [-0.3, -0.25) is 4.68 Å². The molecule has 1 heterocycles. The predicted molar refractivity (Wildman–Crippen MR) is 76.3 cm³/mol. The van der Waals surface area contributed by atoms with E-state index >= 15 is 0 Å². The lowest BCUT2D eigenvalue weighted by Crippen LogP contribution is -2.35. The first-order valence-corrected chi connectivity index (χ1v) is 6.98. The average molecular weight is 290 g/mol. The molecule has 2 N–H and O–H groups in total. The number of halogens is 1. The van der Waals surface area contributed by atoms with E-state index in [1.807, 2.05) is 6.92 Å². The van der Waals surface area contributed by atoms with Crippen molar-refractivity contribution in [3.63, 3.8) is 0 Å². The van der Waals surface area contributed by atoms with Crippen molar-refractivity contribution < 1.29 is 9.47 Å². The summed E-state index contributed by atoms with van der Waals surface area (Å²) in [5.41, 5.74) is 7.14. The van der Waals surface area contributed by atoms with Crippen molar-refractivity contribution in [3.8, 4) is 0 Å². The summed E-state index contributed by atoms with van der Waals surface area (Å²) in [4.78, 5) is 0. The van der Waals surface area contributed by atoms with Gasteiger partial charge in [0.15, 0.2) is 0 Å².